The number of allylic oxidation sites excluding steroid dienone is 3. The van der Waals surface area contributed by atoms with Crippen LogP contribution in [0.5, 0.6) is 0 Å². The minimum atomic E-state index is 0.651. The summed E-state index contributed by atoms with van der Waals surface area (Å²) in [5.74, 6) is 1.33. The summed E-state index contributed by atoms with van der Waals surface area (Å²) in [6.45, 7) is 2.23. The SMILES string of the molecule is NC1=CC=C(C2CCNCC2)NN1. The Balaban J connectivity index is 1.99. The maximum Gasteiger partial charge on any atom is 0.115 e. The van der Waals surface area contributed by atoms with Gasteiger partial charge in [0.15, 0.2) is 0 Å². The Morgan fingerprint density at radius 3 is 2.54 bits per heavy atom. The van der Waals surface area contributed by atoms with Gasteiger partial charge in [-0.1, -0.05) is 0 Å². The second-order valence-electron chi connectivity index (χ2n) is 3.52. The molecule has 2 heterocycles. The van der Waals surface area contributed by atoms with Gasteiger partial charge in [-0.3, -0.25) is 5.43 Å². The molecule has 1 fully saturated rings. The van der Waals surface area contributed by atoms with E-state index >= 15 is 0 Å². The summed E-state index contributed by atoms with van der Waals surface area (Å²) in [6.07, 6.45) is 6.39. The largest absolute Gasteiger partial charge is 0.384 e. The summed E-state index contributed by atoms with van der Waals surface area (Å²) in [5.41, 5.74) is 12.9. The third kappa shape index (κ3) is 1.95. The Kier molecular flexibility index (Phi) is 2.40. The van der Waals surface area contributed by atoms with E-state index in [-0.39, 0.29) is 0 Å². The molecule has 0 saturated carbocycles. The summed E-state index contributed by atoms with van der Waals surface area (Å²) in [4.78, 5) is 0. The van der Waals surface area contributed by atoms with Crippen molar-refractivity contribution in [2.24, 2.45) is 11.7 Å². The normalized spacial score (nSPS) is 24.0. The molecule has 0 atom stereocenters. The smallest absolute Gasteiger partial charge is 0.115 e. The van der Waals surface area contributed by atoms with Crippen molar-refractivity contribution in [2.75, 3.05) is 13.1 Å². The van der Waals surface area contributed by atoms with E-state index in [2.05, 4.69) is 22.2 Å². The van der Waals surface area contributed by atoms with Crippen LogP contribution in [0.4, 0.5) is 0 Å². The van der Waals surface area contributed by atoms with Crippen LogP contribution < -0.4 is 21.9 Å². The number of rotatable bonds is 1. The van der Waals surface area contributed by atoms with E-state index in [1.54, 1.807) is 0 Å². The van der Waals surface area contributed by atoms with Gasteiger partial charge in [-0.25, -0.2) is 0 Å². The highest BCUT2D eigenvalue weighted by molar-refractivity contribution is 5.20. The predicted molar refractivity (Wildman–Crippen MR) is 52.2 cm³/mol. The third-order valence-corrected chi connectivity index (χ3v) is 2.57. The van der Waals surface area contributed by atoms with Crippen LogP contribution in [0.2, 0.25) is 0 Å². The molecular weight excluding hydrogens is 164 g/mol. The van der Waals surface area contributed by atoms with E-state index in [1.807, 2.05) is 6.08 Å². The molecule has 4 nitrogen and oxygen atoms in total. The standard InChI is InChI=1S/C9H16N4/c10-9-2-1-8(12-13-9)7-3-5-11-6-4-7/h1-2,7,11-13H,3-6,10H2. The fourth-order valence-electron chi connectivity index (χ4n) is 1.78. The monoisotopic (exact) mass is 180 g/mol. The highest BCUT2D eigenvalue weighted by atomic mass is 15.4. The first kappa shape index (κ1) is 8.44. The fourth-order valence-corrected chi connectivity index (χ4v) is 1.78. The first-order valence-corrected chi connectivity index (χ1v) is 4.76. The Labute approximate surface area is 78.2 Å². The lowest BCUT2D eigenvalue weighted by Gasteiger charge is -2.28. The van der Waals surface area contributed by atoms with Crippen molar-refractivity contribution in [3.8, 4) is 0 Å². The van der Waals surface area contributed by atoms with Crippen molar-refractivity contribution in [1.82, 2.24) is 16.2 Å². The van der Waals surface area contributed by atoms with E-state index in [9.17, 15) is 0 Å². The van der Waals surface area contributed by atoms with E-state index in [4.69, 9.17) is 5.73 Å². The summed E-state index contributed by atoms with van der Waals surface area (Å²) >= 11 is 0. The second kappa shape index (κ2) is 3.70. The van der Waals surface area contributed by atoms with Gasteiger partial charge in [0.1, 0.15) is 5.82 Å². The number of hydrazine groups is 1. The molecule has 0 unspecified atom stereocenters. The first-order chi connectivity index (χ1) is 6.36. The lowest BCUT2D eigenvalue weighted by molar-refractivity contribution is 0.392. The van der Waals surface area contributed by atoms with E-state index in [0.29, 0.717) is 11.7 Å². The van der Waals surface area contributed by atoms with Crippen molar-refractivity contribution in [1.29, 1.82) is 0 Å². The molecule has 0 bridgehead atoms. The van der Waals surface area contributed by atoms with Crippen LogP contribution in [0.25, 0.3) is 0 Å². The Hall–Kier alpha value is -1.16. The van der Waals surface area contributed by atoms with Gasteiger partial charge in [-0.05, 0) is 38.1 Å². The topological polar surface area (TPSA) is 62.1 Å². The van der Waals surface area contributed by atoms with Crippen molar-refractivity contribution >= 4 is 0 Å². The van der Waals surface area contributed by atoms with Crippen LogP contribution in [0, 0.1) is 5.92 Å². The first-order valence-electron chi connectivity index (χ1n) is 4.76. The van der Waals surface area contributed by atoms with Gasteiger partial charge in [-0.15, -0.1) is 0 Å². The minimum Gasteiger partial charge on any atom is -0.384 e. The minimum absolute atomic E-state index is 0.651. The third-order valence-electron chi connectivity index (χ3n) is 2.57. The Bertz CT molecular complexity index is 238. The van der Waals surface area contributed by atoms with Gasteiger partial charge < -0.3 is 16.5 Å². The van der Waals surface area contributed by atoms with Gasteiger partial charge in [-0.2, -0.15) is 0 Å². The van der Waals surface area contributed by atoms with Crippen LogP contribution in [0.3, 0.4) is 0 Å². The Morgan fingerprint density at radius 2 is 1.92 bits per heavy atom. The Morgan fingerprint density at radius 1 is 1.15 bits per heavy atom. The van der Waals surface area contributed by atoms with E-state index in [1.165, 1.54) is 18.5 Å². The lowest BCUT2D eigenvalue weighted by atomic mass is 9.94. The fraction of sp³-hybridized carbons (Fsp3) is 0.556. The van der Waals surface area contributed by atoms with Crippen LogP contribution in [0.15, 0.2) is 23.7 Å². The molecule has 0 aromatic heterocycles. The maximum atomic E-state index is 5.56. The van der Waals surface area contributed by atoms with Crippen molar-refractivity contribution in [3.63, 3.8) is 0 Å². The van der Waals surface area contributed by atoms with Crippen LogP contribution >= 0.6 is 0 Å². The molecule has 2 rings (SSSR count). The molecule has 0 aliphatic carbocycles. The molecule has 13 heavy (non-hydrogen) atoms. The number of piperidine rings is 1. The number of nitrogens with two attached hydrogens (primary N) is 1. The molecule has 72 valence electrons. The highest BCUT2D eigenvalue weighted by Crippen LogP contribution is 2.19. The summed E-state index contributed by atoms with van der Waals surface area (Å²) in [7, 11) is 0. The van der Waals surface area contributed by atoms with E-state index < -0.39 is 0 Å². The average molecular weight is 180 g/mol. The molecule has 0 aromatic carbocycles. The summed E-state index contributed by atoms with van der Waals surface area (Å²) in [5, 5.41) is 3.35. The molecule has 5 N–H and O–H groups in total. The quantitative estimate of drug-likeness (QED) is 0.450. The zero-order valence-corrected chi connectivity index (χ0v) is 7.64. The molecule has 4 heteroatoms. The second-order valence-corrected chi connectivity index (χ2v) is 3.52. The molecule has 0 amide bonds. The molecule has 2 aliphatic heterocycles. The van der Waals surface area contributed by atoms with Gasteiger partial charge in [0, 0.05) is 11.6 Å². The van der Waals surface area contributed by atoms with Crippen LogP contribution in [0.1, 0.15) is 12.8 Å². The molecule has 0 spiro atoms. The van der Waals surface area contributed by atoms with Gasteiger partial charge in [0.25, 0.3) is 0 Å². The van der Waals surface area contributed by atoms with Crippen LogP contribution in [-0.4, -0.2) is 13.1 Å². The van der Waals surface area contributed by atoms with Crippen LogP contribution in [-0.2, 0) is 0 Å². The maximum absolute atomic E-state index is 5.56. The zero-order valence-electron chi connectivity index (χ0n) is 7.64. The average Bonchev–Trinajstić information content (AvgIpc) is 2.20. The number of hydrogen-bond donors (Lipinski definition) is 4. The van der Waals surface area contributed by atoms with Gasteiger partial charge >= 0.3 is 0 Å². The molecular formula is C9H16N4. The van der Waals surface area contributed by atoms with Gasteiger partial charge in [0.2, 0.25) is 0 Å². The van der Waals surface area contributed by atoms with Gasteiger partial charge in [0.05, 0.1) is 0 Å². The molecule has 0 aromatic rings. The molecule has 2 aliphatic rings. The summed E-state index contributed by atoms with van der Waals surface area (Å²) in [6, 6.07) is 0. The van der Waals surface area contributed by atoms with E-state index in [0.717, 1.165) is 13.1 Å². The molecule has 1 saturated heterocycles. The number of nitrogens with one attached hydrogen (secondary N) is 3. The van der Waals surface area contributed by atoms with Crippen molar-refractivity contribution < 1.29 is 0 Å². The summed E-state index contributed by atoms with van der Waals surface area (Å²) < 4.78 is 0. The predicted octanol–water partition coefficient (Wildman–Crippen LogP) is -0.222. The van der Waals surface area contributed by atoms with Crippen molar-refractivity contribution in [2.45, 2.75) is 12.8 Å². The highest BCUT2D eigenvalue weighted by Gasteiger charge is 2.18. The zero-order chi connectivity index (χ0) is 9.10. The lowest BCUT2D eigenvalue weighted by Crippen LogP contribution is -2.41. The number of hydrogen-bond acceptors (Lipinski definition) is 4. The van der Waals surface area contributed by atoms with Crippen molar-refractivity contribution in [3.05, 3.63) is 23.7 Å². The molecule has 0 radical (unpaired) electrons.